The highest BCUT2D eigenvalue weighted by Crippen LogP contribution is 2.42. The van der Waals surface area contributed by atoms with Gasteiger partial charge in [-0.05, 0) is 110 Å². The Bertz CT molecular complexity index is 3710. The molecule has 5 aromatic carbocycles. The number of hydrogen-bond acceptors (Lipinski definition) is 18. The first kappa shape index (κ1) is 50.3. The Morgan fingerprint density at radius 2 is 1.35 bits per heavy atom. The summed E-state index contributed by atoms with van der Waals surface area (Å²) in [6.07, 6.45) is 4.25. The van der Waals surface area contributed by atoms with Crippen LogP contribution in [0.1, 0.15) is 35.3 Å². The second kappa shape index (κ2) is 19.8. The van der Waals surface area contributed by atoms with E-state index in [4.69, 9.17) is 4.74 Å². The lowest BCUT2D eigenvalue weighted by molar-refractivity contribution is -0.134. The maximum absolute atomic E-state index is 14.1. The van der Waals surface area contributed by atoms with E-state index in [1.165, 1.54) is 54.6 Å². The fourth-order valence-electron chi connectivity index (χ4n) is 6.71. The van der Waals surface area contributed by atoms with Crippen molar-refractivity contribution in [3.63, 3.8) is 0 Å². The first-order valence-electron chi connectivity index (χ1n) is 20.0. The number of fused-ring (bicyclic) bond motifs is 2. The maximum atomic E-state index is 14.1. The molecule has 2 aliphatic carbocycles. The number of carbonyl (C=O) groups is 3. The minimum absolute atomic E-state index is 0.0139. The third kappa shape index (κ3) is 11.5. The van der Waals surface area contributed by atoms with E-state index >= 15 is 0 Å². The smallest absolute Gasteiger partial charge is 0.339 e. The zero-order valence-electron chi connectivity index (χ0n) is 36.3. The first-order chi connectivity index (χ1) is 33.4. The van der Waals surface area contributed by atoms with Gasteiger partial charge in [-0.3, -0.25) is 34.1 Å². The monoisotopic (exact) mass is 1030 g/mol. The minimum atomic E-state index is -5.32. The van der Waals surface area contributed by atoms with Gasteiger partial charge in [-0.25, -0.2) is 14.8 Å². The molecule has 0 aliphatic heterocycles. The Morgan fingerprint density at radius 1 is 0.676 bits per heavy atom. The number of ether oxygens (including phenoxy) is 1. The number of aliphatic hydroxyl groups excluding tert-OH is 2. The number of allylic oxidation sites excluding steroid dienone is 4. The summed E-state index contributed by atoms with van der Waals surface area (Å²) in [6, 6.07) is 18.2. The van der Waals surface area contributed by atoms with Gasteiger partial charge in [-0.15, -0.1) is 5.11 Å². The van der Waals surface area contributed by atoms with E-state index < -0.39 is 96.6 Å². The predicted molar refractivity (Wildman–Crippen MR) is 258 cm³/mol. The number of nitrogens with one attached hydrogen (secondary N) is 2. The molecule has 5 aromatic rings. The molecular formula is C44H34N8O16S3. The number of azo groups is 1. The molecule has 7 rings (SSSR count). The van der Waals surface area contributed by atoms with Crippen molar-refractivity contribution in [2.45, 2.75) is 23.6 Å². The molecule has 0 amide bonds. The quantitative estimate of drug-likeness (QED) is 0.00976. The summed E-state index contributed by atoms with van der Waals surface area (Å²) in [4.78, 5) is 42.5. The number of carboxylic acids is 1. The van der Waals surface area contributed by atoms with Crippen molar-refractivity contribution in [1.29, 1.82) is 0 Å². The van der Waals surface area contributed by atoms with E-state index in [0.29, 0.717) is 17.3 Å². The SMILES string of the molecule is CCOc1cc(N=Nc2ccc(N=C(O)c3ccc(N/N=C4\C=CC(=O)C(C(=O)O)=C4)cc3)cc2)c2cc(S(=O)(=O)O)ccc2c1N/N=C1/C(=O)c2c(cc(S(=O)(=O)O)cc2N=C(C)O)C=C1S(=O)(=O)O. The molecule has 0 atom stereocenters. The number of rotatable bonds is 15. The predicted octanol–water partition coefficient (Wildman–Crippen LogP) is 7.20. The summed E-state index contributed by atoms with van der Waals surface area (Å²) < 4.78 is 110. The number of aliphatic hydroxyl groups is 2. The van der Waals surface area contributed by atoms with Crippen molar-refractivity contribution in [3.05, 3.63) is 130 Å². The summed E-state index contributed by atoms with van der Waals surface area (Å²) in [5.41, 5.74) is 3.74. The number of anilines is 2. The zero-order valence-corrected chi connectivity index (χ0v) is 38.7. The highest BCUT2D eigenvalue weighted by molar-refractivity contribution is 7.91. The number of carbonyl (C=O) groups excluding carboxylic acids is 2. The lowest BCUT2D eigenvalue weighted by atomic mass is 9.93. The van der Waals surface area contributed by atoms with Crippen LogP contribution in [0.25, 0.3) is 16.8 Å². The Labute approximate surface area is 401 Å². The van der Waals surface area contributed by atoms with Gasteiger partial charge in [0, 0.05) is 29.3 Å². The second-order valence-electron chi connectivity index (χ2n) is 14.7. The van der Waals surface area contributed by atoms with Crippen molar-refractivity contribution >= 4 is 122 Å². The molecule has 0 heterocycles. The molecular weight excluding hydrogens is 993 g/mol. The van der Waals surface area contributed by atoms with Crippen LogP contribution in [0.4, 0.5) is 34.1 Å². The van der Waals surface area contributed by atoms with Crippen LogP contribution in [0.2, 0.25) is 0 Å². The van der Waals surface area contributed by atoms with Gasteiger partial charge >= 0.3 is 5.97 Å². The van der Waals surface area contributed by atoms with E-state index in [0.717, 1.165) is 43.3 Å². The van der Waals surface area contributed by atoms with E-state index in [2.05, 4.69) is 41.3 Å². The standard InChI is InChI=1S/C44H34N8O16S3/c1-3-68-37-21-34(50-48-27-10-8-25(9-11-27)46-43(56)23-4-6-26(7-5-23)47-49-28-12-15-36(54)33(18-28)44(57)58)32-19-29(69(59,60)61)13-14-31(32)40(37)51-52-41-38(71(65,66)67)17-24-16-30(70(62,63)64)20-35(45-22(2)53)39(24)42(41)55/h4-21,47,51H,3H2,1-2H3,(H,45,53)(H,46,56)(H,57,58)(H,59,60,61)(H,62,63,64)(H,65,66,67)/b49-28+,50-48?,52-41+. The molecule has 0 bridgehead atoms. The van der Waals surface area contributed by atoms with Gasteiger partial charge in [0.25, 0.3) is 30.4 Å². The number of carboxylic acid groups (broad SMARTS) is 1. The van der Waals surface area contributed by atoms with E-state index in [1.807, 2.05) is 0 Å². The van der Waals surface area contributed by atoms with Crippen molar-refractivity contribution in [1.82, 2.24) is 0 Å². The maximum Gasteiger partial charge on any atom is 0.339 e. The summed E-state index contributed by atoms with van der Waals surface area (Å²) in [6.45, 7) is 2.66. The van der Waals surface area contributed by atoms with Crippen LogP contribution < -0.4 is 15.6 Å². The van der Waals surface area contributed by atoms with Gasteiger partial charge in [0.2, 0.25) is 11.7 Å². The number of nitrogens with zero attached hydrogens (tertiary/aromatic N) is 6. The largest absolute Gasteiger partial charge is 0.497 e. The van der Waals surface area contributed by atoms with E-state index in [9.17, 15) is 68.6 Å². The van der Waals surface area contributed by atoms with Crippen molar-refractivity contribution in [2.24, 2.45) is 30.4 Å². The Hall–Kier alpha value is -8.60. The Kier molecular flexibility index (Phi) is 14.0. The molecule has 8 N–H and O–H groups in total. The summed E-state index contributed by atoms with van der Waals surface area (Å²) in [5.74, 6) is -4.40. The molecule has 0 saturated carbocycles. The molecule has 24 nitrogen and oxygen atoms in total. The van der Waals surface area contributed by atoms with Crippen molar-refractivity contribution in [2.75, 3.05) is 17.5 Å². The molecule has 0 aromatic heterocycles. The fourth-order valence-corrected chi connectivity index (χ4v) is 8.41. The van der Waals surface area contributed by atoms with E-state index in [1.54, 1.807) is 19.1 Å². The zero-order chi connectivity index (χ0) is 51.6. The molecule has 0 fully saturated rings. The first-order valence-corrected chi connectivity index (χ1v) is 24.3. The number of hydrazone groups is 2. The number of Topliss-reactive ketones (excluding diaryl/α,β-unsaturated/α-hetero) is 1. The molecule has 71 heavy (non-hydrogen) atoms. The van der Waals surface area contributed by atoms with Crippen LogP contribution in [0.5, 0.6) is 5.75 Å². The van der Waals surface area contributed by atoms with Crippen LogP contribution in [0.15, 0.2) is 154 Å². The normalized spacial score (nSPS) is 15.8. The van der Waals surface area contributed by atoms with Crippen molar-refractivity contribution in [3.8, 4) is 5.75 Å². The van der Waals surface area contributed by atoms with Gasteiger partial charge < -0.3 is 20.1 Å². The van der Waals surface area contributed by atoms with Crippen LogP contribution in [-0.2, 0) is 39.9 Å². The second-order valence-corrected chi connectivity index (χ2v) is 19.0. The van der Waals surface area contributed by atoms with Gasteiger partial charge in [0.1, 0.15) is 21.9 Å². The van der Waals surface area contributed by atoms with Crippen molar-refractivity contribution < 1.29 is 73.4 Å². The highest BCUT2D eigenvalue weighted by Gasteiger charge is 2.36. The van der Waals surface area contributed by atoms with Crippen LogP contribution in [-0.4, -0.2) is 102 Å². The molecule has 364 valence electrons. The number of aliphatic imine (C=N–C) groups is 2. The number of hydrogen-bond donors (Lipinski definition) is 8. The van der Waals surface area contributed by atoms with Gasteiger partial charge in [-0.1, -0.05) is 6.07 Å². The highest BCUT2D eigenvalue weighted by atomic mass is 32.2. The number of aliphatic carboxylic acids is 1. The average molecular weight is 1030 g/mol. The topological polar surface area (TPSA) is 382 Å². The Morgan fingerprint density at radius 3 is 1.97 bits per heavy atom. The third-order valence-corrected chi connectivity index (χ3v) is 12.4. The van der Waals surface area contributed by atoms with Gasteiger partial charge in [-0.2, -0.15) is 40.6 Å². The third-order valence-electron chi connectivity index (χ3n) is 9.88. The lowest BCUT2D eigenvalue weighted by Gasteiger charge is -2.19. The lowest BCUT2D eigenvalue weighted by Crippen LogP contribution is -2.27. The summed E-state index contributed by atoms with van der Waals surface area (Å²) >= 11 is 0. The minimum Gasteiger partial charge on any atom is -0.497 e. The average Bonchev–Trinajstić information content (AvgIpc) is 3.29. The summed E-state index contributed by atoms with van der Waals surface area (Å²) in [7, 11) is -15.1. The summed E-state index contributed by atoms with van der Waals surface area (Å²) in [5, 5.41) is 46.5. The molecule has 0 unspecified atom stereocenters. The Balaban J connectivity index is 1.20. The molecule has 0 saturated heterocycles. The fraction of sp³-hybridized carbons (Fsp3) is 0.0682. The van der Waals surface area contributed by atoms with Crippen LogP contribution in [0.3, 0.4) is 0 Å². The number of ketones is 2. The van der Waals surface area contributed by atoms with Gasteiger partial charge in [0.05, 0.1) is 56.1 Å². The van der Waals surface area contributed by atoms with Crippen LogP contribution >= 0.6 is 0 Å². The molecule has 27 heteroatoms. The van der Waals surface area contributed by atoms with E-state index in [-0.39, 0.29) is 57.5 Å². The van der Waals surface area contributed by atoms with Crippen LogP contribution in [0, 0.1) is 0 Å². The molecule has 0 spiro atoms. The van der Waals surface area contributed by atoms with Gasteiger partial charge in [0.15, 0.2) is 17.4 Å². The molecule has 2 aliphatic rings. The molecule has 0 radical (unpaired) electrons. The number of benzene rings is 5.